The van der Waals surface area contributed by atoms with E-state index in [-0.39, 0.29) is 36.2 Å². The predicted octanol–water partition coefficient (Wildman–Crippen LogP) is 1.95. The van der Waals surface area contributed by atoms with Gasteiger partial charge in [0.1, 0.15) is 20.7 Å². The summed E-state index contributed by atoms with van der Waals surface area (Å²) in [6.45, 7) is 0. The van der Waals surface area contributed by atoms with Crippen molar-refractivity contribution in [2.45, 2.75) is 50.6 Å². The van der Waals surface area contributed by atoms with Gasteiger partial charge in [-0.05, 0) is 12.8 Å². The number of unbranched alkanes of at least 4 members (excludes halogenated alkanes) is 3. The molecule has 2 rings (SSSR count). The Labute approximate surface area is 181 Å². The van der Waals surface area contributed by atoms with E-state index in [4.69, 9.17) is 24.4 Å². The Morgan fingerprint density at radius 3 is 1.43 bits per heavy atom. The maximum Gasteiger partial charge on any atom is 0.326 e. The van der Waals surface area contributed by atoms with Gasteiger partial charge >= 0.3 is 11.9 Å². The van der Waals surface area contributed by atoms with Gasteiger partial charge in [-0.15, -0.1) is 0 Å². The summed E-state index contributed by atoms with van der Waals surface area (Å²) in [5.41, 5.74) is 0. The molecule has 0 aromatic carbocycles. The largest absolute Gasteiger partial charge is 0.480 e. The van der Waals surface area contributed by atoms with E-state index in [1.165, 1.54) is 33.3 Å². The van der Waals surface area contributed by atoms with Crippen molar-refractivity contribution in [3.8, 4) is 0 Å². The lowest BCUT2D eigenvalue weighted by Crippen LogP contribution is -2.44. The summed E-state index contributed by atoms with van der Waals surface area (Å²) >= 11 is 12.5. The Kier molecular flexibility index (Phi) is 8.65. The van der Waals surface area contributed by atoms with Gasteiger partial charge < -0.3 is 10.2 Å². The van der Waals surface area contributed by atoms with Crippen LogP contribution in [0, 0.1) is 0 Å². The lowest BCUT2D eigenvalue weighted by atomic mass is 10.0. The summed E-state index contributed by atoms with van der Waals surface area (Å²) in [5.74, 6) is -2.37. The number of thioether (sulfide) groups is 2. The van der Waals surface area contributed by atoms with Gasteiger partial charge in [-0.3, -0.25) is 19.4 Å². The van der Waals surface area contributed by atoms with Crippen molar-refractivity contribution in [3.05, 3.63) is 0 Å². The molecule has 2 saturated heterocycles. The van der Waals surface area contributed by atoms with Gasteiger partial charge in [-0.1, -0.05) is 73.6 Å². The number of carboxylic acids is 2. The van der Waals surface area contributed by atoms with Gasteiger partial charge in [0.2, 0.25) is 11.8 Å². The highest BCUT2D eigenvalue weighted by Crippen LogP contribution is 2.26. The zero-order valence-electron chi connectivity index (χ0n) is 14.9. The first kappa shape index (κ1) is 23.0. The van der Waals surface area contributed by atoms with Gasteiger partial charge in [0.05, 0.1) is 11.5 Å². The Morgan fingerprint density at radius 2 is 1.18 bits per heavy atom. The van der Waals surface area contributed by atoms with Crippen molar-refractivity contribution in [3.63, 3.8) is 0 Å². The molecule has 2 unspecified atom stereocenters. The molecule has 2 N–H and O–H groups in total. The van der Waals surface area contributed by atoms with Crippen LogP contribution in [0.1, 0.15) is 38.5 Å². The lowest BCUT2D eigenvalue weighted by Gasteiger charge is -2.24. The Balaban J connectivity index is 1.77. The van der Waals surface area contributed by atoms with Crippen molar-refractivity contribution in [2.75, 3.05) is 11.5 Å². The van der Waals surface area contributed by atoms with Crippen molar-refractivity contribution in [1.82, 2.24) is 9.80 Å². The normalized spacial score (nSPS) is 19.4. The molecule has 0 bridgehead atoms. The topological polar surface area (TPSA) is 115 Å². The van der Waals surface area contributed by atoms with Crippen LogP contribution in [0.3, 0.4) is 0 Å². The molecule has 154 valence electrons. The van der Waals surface area contributed by atoms with Gasteiger partial charge in [-0.25, -0.2) is 9.59 Å². The van der Waals surface area contributed by atoms with Crippen molar-refractivity contribution >= 4 is 80.4 Å². The summed E-state index contributed by atoms with van der Waals surface area (Å²) in [4.78, 5) is 49.0. The number of carboxylic acid groups (broad SMARTS) is 2. The third-order valence-corrected chi connectivity index (χ3v) is 7.24. The van der Waals surface area contributed by atoms with E-state index in [2.05, 4.69) is 0 Å². The summed E-state index contributed by atoms with van der Waals surface area (Å²) in [6, 6.07) is -1.92. The van der Waals surface area contributed by atoms with Crippen molar-refractivity contribution in [2.24, 2.45) is 0 Å². The van der Waals surface area contributed by atoms with Crippen LogP contribution in [0.15, 0.2) is 0 Å². The number of aliphatic carboxylic acids is 2. The minimum atomic E-state index is -1.08. The highest BCUT2D eigenvalue weighted by atomic mass is 32.2. The van der Waals surface area contributed by atoms with E-state index in [0.717, 1.165) is 0 Å². The van der Waals surface area contributed by atoms with Crippen molar-refractivity contribution < 1.29 is 29.4 Å². The fourth-order valence-corrected chi connectivity index (χ4v) is 5.41. The third kappa shape index (κ3) is 5.65. The molecule has 8 nitrogen and oxygen atoms in total. The van der Waals surface area contributed by atoms with Gasteiger partial charge in [0.25, 0.3) is 0 Å². The third-order valence-electron chi connectivity index (χ3n) is 4.47. The first-order valence-electron chi connectivity index (χ1n) is 8.67. The molecule has 2 atom stereocenters. The van der Waals surface area contributed by atoms with E-state index < -0.39 is 24.0 Å². The average Bonchev–Trinajstić information content (AvgIpc) is 3.12. The van der Waals surface area contributed by atoms with Gasteiger partial charge in [0, 0.05) is 0 Å². The van der Waals surface area contributed by atoms with E-state index >= 15 is 0 Å². The summed E-state index contributed by atoms with van der Waals surface area (Å²) in [5, 5.41) is 18.8. The van der Waals surface area contributed by atoms with Crippen LogP contribution in [0.25, 0.3) is 0 Å². The molecular formula is C16H20N2O6S4. The van der Waals surface area contributed by atoms with E-state index in [1.54, 1.807) is 0 Å². The van der Waals surface area contributed by atoms with E-state index in [9.17, 15) is 29.4 Å². The molecule has 2 fully saturated rings. The molecule has 2 heterocycles. The number of rotatable bonds is 11. The minimum absolute atomic E-state index is 0.175. The van der Waals surface area contributed by atoms with E-state index in [1.807, 2.05) is 0 Å². The zero-order chi connectivity index (χ0) is 20.8. The smallest absolute Gasteiger partial charge is 0.326 e. The molecule has 0 aromatic rings. The molecule has 0 radical (unpaired) electrons. The number of hydrogen-bond acceptors (Lipinski definition) is 8. The molecule has 12 heteroatoms. The zero-order valence-corrected chi connectivity index (χ0v) is 18.1. The molecule has 2 aliphatic heterocycles. The number of nitrogens with zero attached hydrogens (tertiary/aromatic N) is 2. The number of thiocarbonyl (C=S) groups is 2. The molecule has 0 saturated carbocycles. The first-order chi connectivity index (χ1) is 13.2. The van der Waals surface area contributed by atoms with Crippen LogP contribution < -0.4 is 0 Å². The highest BCUT2D eigenvalue weighted by Gasteiger charge is 2.38. The van der Waals surface area contributed by atoms with Crippen LogP contribution in [-0.4, -0.2) is 76.0 Å². The van der Waals surface area contributed by atoms with Crippen LogP contribution in [0.5, 0.6) is 0 Å². The lowest BCUT2D eigenvalue weighted by molar-refractivity contribution is -0.146. The fraction of sp³-hybridized carbons (Fsp3) is 0.625. The second kappa shape index (κ2) is 10.5. The van der Waals surface area contributed by atoms with E-state index in [0.29, 0.717) is 34.3 Å². The second-order valence-electron chi connectivity index (χ2n) is 6.34. The monoisotopic (exact) mass is 464 g/mol. The fourth-order valence-electron chi connectivity index (χ4n) is 3.09. The number of carbonyl (C=O) groups excluding carboxylic acids is 2. The second-order valence-corrected chi connectivity index (χ2v) is 9.55. The number of hydrogen-bond donors (Lipinski definition) is 2. The molecule has 2 amide bonds. The Hall–Kier alpha value is -1.24. The van der Waals surface area contributed by atoms with Crippen LogP contribution in [0.2, 0.25) is 0 Å². The SMILES string of the molecule is O=C(O)C(CCCCCCC(C(=O)O)N1C(=O)CSC1=S)N1C(=O)CSC1=S. The molecule has 0 aromatic heterocycles. The van der Waals surface area contributed by atoms with Crippen molar-refractivity contribution in [1.29, 1.82) is 0 Å². The highest BCUT2D eigenvalue weighted by molar-refractivity contribution is 8.24. The van der Waals surface area contributed by atoms with Crippen LogP contribution in [0.4, 0.5) is 0 Å². The summed E-state index contributed by atoms with van der Waals surface area (Å²) < 4.78 is 0.594. The summed E-state index contributed by atoms with van der Waals surface area (Å²) in [6.07, 6.45) is 3.09. The maximum absolute atomic E-state index is 11.8. The van der Waals surface area contributed by atoms with Gasteiger partial charge in [-0.2, -0.15) is 0 Å². The van der Waals surface area contributed by atoms with Gasteiger partial charge in [0.15, 0.2) is 0 Å². The summed E-state index contributed by atoms with van der Waals surface area (Å²) in [7, 11) is 0. The molecule has 0 spiro atoms. The average molecular weight is 465 g/mol. The molecule has 2 aliphatic rings. The minimum Gasteiger partial charge on any atom is -0.480 e. The van der Waals surface area contributed by atoms with Crippen LogP contribution in [-0.2, 0) is 19.2 Å². The Morgan fingerprint density at radius 1 is 0.821 bits per heavy atom. The van der Waals surface area contributed by atoms with Crippen LogP contribution >= 0.6 is 48.0 Å². The quantitative estimate of drug-likeness (QED) is 0.347. The molecular weight excluding hydrogens is 444 g/mol. The first-order valence-corrected chi connectivity index (χ1v) is 11.5. The Bertz CT molecular complexity index is 611. The predicted molar refractivity (Wildman–Crippen MR) is 114 cm³/mol. The molecule has 28 heavy (non-hydrogen) atoms. The maximum atomic E-state index is 11.8. The number of carbonyl (C=O) groups is 4. The number of amides is 2. The standard InChI is InChI=1S/C16H20N2O6S4/c19-11-7-27-15(25)17(11)9(13(21)22)5-3-1-2-4-6-10(14(23)24)18-12(20)8-28-16(18)26/h9-10H,1-8H2,(H,21,22)(H,23,24). The molecule has 0 aliphatic carbocycles.